The molecule has 3 aromatic heterocycles. The summed E-state index contributed by atoms with van der Waals surface area (Å²) in [6.07, 6.45) is 1.47. The number of piperazine rings is 1. The zero-order valence-corrected chi connectivity index (χ0v) is 18.3. The van der Waals surface area contributed by atoms with Crippen LogP contribution in [0.25, 0.3) is 17.2 Å². The van der Waals surface area contributed by atoms with E-state index in [0.717, 1.165) is 12.4 Å². The number of alkyl halides is 3. The number of anilines is 1. The molecular weight excluding hydrogens is 435 g/mol. The summed E-state index contributed by atoms with van der Waals surface area (Å²) in [5, 5.41) is 11.1. The van der Waals surface area contributed by atoms with Gasteiger partial charge in [0.2, 0.25) is 0 Å². The molecule has 0 saturated carbocycles. The zero-order valence-electron chi connectivity index (χ0n) is 18.3. The molecule has 0 amide bonds. The quantitative estimate of drug-likeness (QED) is 0.513. The molecule has 12 heteroatoms. The molecular formula is C21H24F3N9. The largest absolute Gasteiger partial charge is 0.434 e. The Morgan fingerprint density at radius 3 is 2.67 bits per heavy atom. The van der Waals surface area contributed by atoms with E-state index < -0.39 is 11.9 Å². The predicted molar refractivity (Wildman–Crippen MR) is 118 cm³/mol. The van der Waals surface area contributed by atoms with Gasteiger partial charge in [-0.1, -0.05) is 0 Å². The van der Waals surface area contributed by atoms with Crippen LogP contribution in [0.2, 0.25) is 0 Å². The summed E-state index contributed by atoms with van der Waals surface area (Å²) in [4.78, 5) is 18.8. The molecule has 1 fully saturated rings. The Bertz CT molecular complexity index is 1220. The van der Waals surface area contributed by atoms with E-state index in [2.05, 4.69) is 30.2 Å². The molecule has 0 bridgehead atoms. The minimum absolute atomic E-state index is 0.0797. The molecule has 4 heterocycles. The van der Waals surface area contributed by atoms with Crippen LogP contribution in [-0.4, -0.2) is 55.2 Å². The fraction of sp³-hybridized carbons (Fsp3) is 0.381. The number of nitrogens with one attached hydrogen (secondary N) is 2. The molecule has 3 atom stereocenters. The Labute approximate surface area is 188 Å². The average Bonchev–Trinajstić information content (AvgIpc) is 3.19. The van der Waals surface area contributed by atoms with Gasteiger partial charge in [0, 0.05) is 54.6 Å². The van der Waals surface area contributed by atoms with E-state index in [9.17, 15) is 13.2 Å². The highest BCUT2D eigenvalue weighted by atomic mass is 19.4. The van der Waals surface area contributed by atoms with Crippen molar-refractivity contribution >= 4 is 17.7 Å². The fourth-order valence-electron chi connectivity index (χ4n) is 4.07. The molecule has 1 aliphatic rings. The molecule has 3 unspecified atom stereocenters. The highest BCUT2D eigenvalue weighted by Gasteiger charge is 2.35. The van der Waals surface area contributed by atoms with E-state index in [-0.39, 0.29) is 29.6 Å². The summed E-state index contributed by atoms with van der Waals surface area (Å²) in [6, 6.07) is 1.63. The first-order chi connectivity index (χ1) is 15.6. The molecule has 0 spiro atoms. The summed E-state index contributed by atoms with van der Waals surface area (Å²) >= 11 is 0. The Hall–Kier alpha value is -3.54. The summed E-state index contributed by atoms with van der Waals surface area (Å²) in [5.74, 6) is 0.887. The second-order valence-corrected chi connectivity index (χ2v) is 8.08. The molecule has 1 aliphatic heterocycles. The van der Waals surface area contributed by atoms with E-state index in [1.165, 1.54) is 23.0 Å². The van der Waals surface area contributed by atoms with Gasteiger partial charge in [-0.15, -0.1) is 0 Å². The van der Waals surface area contributed by atoms with Crippen LogP contribution in [0, 0.1) is 12.3 Å². The van der Waals surface area contributed by atoms with Crippen molar-refractivity contribution in [3.8, 4) is 11.5 Å². The number of hydrogen-bond donors (Lipinski definition) is 3. The number of aryl methyl sites for hydroxylation is 1. The molecule has 4 rings (SSSR count). The van der Waals surface area contributed by atoms with Crippen molar-refractivity contribution in [3.63, 3.8) is 0 Å². The summed E-state index contributed by atoms with van der Waals surface area (Å²) in [7, 11) is 0. The average molecular weight is 459 g/mol. The van der Waals surface area contributed by atoms with Gasteiger partial charge in [0.1, 0.15) is 11.5 Å². The number of fused-ring (bicyclic) bond motifs is 1. The maximum Gasteiger partial charge on any atom is 0.434 e. The summed E-state index contributed by atoms with van der Waals surface area (Å²) < 4.78 is 40.9. The lowest BCUT2D eigenvalue weighted by atomic mass is 9.95. The Balaban J connectivity index is 1.78. The van der Waals surface area contributed by atoms with Crippen LogP contribution in [0.5, 0.6) is 0 Å². The van der Waals surface area contributed by atoms with Gasteiger partial charge in [0.15, 0.2) is 17.2 Å². The van der Waals surface area contributed by atoms with Crippen LogP contribution in [0.1, 0.15) is 25.2 Å². The lowest BCUT2D eigenvalue weighted by Crippen LogP contribution is -2.61. The van der Waals surface area contributed by atoms with Gasteiger partial charge >= 0.3 is 6.18 Å². The fourth-order valence-corrected chi connectivity index (χ4v) is 4.07. The third kappa shape index (κ3) is 4.25. The standard InChI is InChI=1S/C21H24F3N9/c1-11-4-17(32-9-12(2)29-19(13(32)3)14(5-25)6-26)31-20(30-11)15-7-28-18-8-27-16(10-33(15)18)21(22,23)24/h4-8,10,12-13,19,25,29H,9,26H2,1-3H3/b14-6+,25-5?. The smallest absolute Gasteiger partial charge is 0.404 e. The number of hydrogen-bond acceptors (Lipinski definition) is 8. The second kappa shape index (κ2) is 8.43. The normalized spacial score (nSPS) is 22.1. The number of rotatable bonds is 4. The SMILES string of the molecule is Cc1cc(N2CC(C)NC(/C(C=N)=C/N)C2C)nc(-c2cnc3cnc(C(F)(F)F)cn23)n1. The van der Waals surface area contributed by atoms with E-state index in [1.807, 2.05) is 19.9 Å². The number of nitrogens with two attached hydrogens (primary N) is 1. The van der Waals surface area contributed by atoms with Crippen LogP contribution < -0.4 is 16.0 Å². The number of halogens is 3. The maximum absolute atomic E-state index is 13.2. The number of imidazole rings is 1. The van der Waals surface area contributed by atoms with Crippen molar-refractivity contribution in [1.82, 2.24) is 29.7 Å². The van der Waals surface area contributed by atoms with E-state index >= 15 is 0 Å². The minimum Gasteiger partial charge on any atom is -0.404 e. The van der Waals surface area contributed by atoms with Crippen LogP contribution in [-0.2, 0) is 6.18 Å². The molecule has 0 aromatic carbocycles. The molecule has 33 heavy (non-hydrogen) atoms. The van der Waals surface area contributed by atoms with Crippen LogP contribution >= 0.6 is 0 Å². The summed E-state index contributed by atoms with van der Waals surface area (Å²) in [5.41, 5.74) is 6.60. The number of aromatic nitrogens is 5. The Morgan fingerprint density at radius 2 is 2.00 bits per heavy atom. The molecule has 1 saturated heterocycles. The van der Waals surface area contributed by atoms with Crippen molar-refractivity contribution in [2.75, 3.05) is 11.4 Å². The lowest BCUT2D eigenvalue weighted by Gasteiger charge is -2.44. The Morgan fingerprint density at radius 1 is 1.24 bits per heavy atom. The molecule has 3 aromatic rings. The highest BCUT2D eigenvalue weighted by molar-refractivity contribution is 5.78. The van der Waals surface area contributed by atoms with Crippen molar-refractivity contribution in [2.45, 2.75) is 45.1 Å². The number of nitrogens with zero attached hydrogens (tertiary/aromatic N) is 6. The van der Waals surface area contributed by atoms with Crippen LogP contribution in [0.15, 0.2) is 36.4 Å². The Kier molecular flexibility index (Phi) is 5.78. The van der Waals surface area contributed by atoms with Gasteiger partial charge in [-0.25, -0.2) is 19.9 Å². The minimum atomic E-state index is -4.58. The first kappa shape index (κ1) is 22.6. The highest BCUT2D eigenvalue weighted by Crippen LogP contribution is 2.30. The van der Waals surface area contributed by atoms with Gasteiger partial charge in [-0.2, -0.15) is 13.2 Å². The van der Waals surface area contributed by atoms with Crippen molar-refractivity contribution in [1.29, 1.82) is 5.41 Å². The van der Waals surface area contributed by atoms with Gasteiger partial charge in [-0.3, -0.25) is 4.40 Å². The van der Waals surface area contributed by atoms with Gasteiger partial charge in [0.05, 0.1) is 18.4 Å². The maximum atomic E-state index is 13.2. The zero-order chi connectivity index (χ0) is 23.9. The molecule has 174 valence electrons. The third-order valence-electron chi connectivity index (χ3n) is 5.68. The van der Waals surface area contributed by atoms with Crippen molar-refractivity contribution in [2.24, 2.45) is 5.73 Å². The van der Waals surface area contributed by atoms with Crippen molar-refractivity contribution < 1.29 is 13.2 Å². The predicted octanol–water partition coefficient (Wildman–Crippen LogP) is 2.56. The molecule has 4 N–H and O–H groups in total. The first-order valence-corrected chi connectivity index (χ1v) is 10.3. The van der Waals surface area contributed by atoms with Crippen LogP contribution in [0.3, 0.4) is 0 Å². The topological polar surface area (TPSA) is 121 Å². The van der Waals surface area contributed by atoms with E-state index in [1.54, 1.807) is 6.92 Å². The van der Waals surface area contributed by atoms with Gasteiger partial charge < -0.3 is 21.4 Å². The van der Waals surface area contributed by atoms with Crippen LogP contribution in [0.4, 0.5) is 19.0 Å². The summed E-state index contributed by atoms with van der Waals surface area (Å²) in [6.45, 7) is 6.47. The van der Waals surface area contributed by atoms with Crippen molar-refractivity contribution in [3.05, 3.63) is 47.8 Å². The van der Waals surface area contributed by atoms with E-state index in [0.29, 0.717) is 29.3 Å². The molecule has 0 aliphatic carbocycles. The van der Waals surface area contributed by atoms with Gasteiger partial charge in [0.25, 0.3) is 0 Å². The second-order valence-electron chi connectivity index (χ2n) is 8.08. The van der Waals surface area contributed by atoms with Gasteiger partial charge in [-0.05, 0) is 20.8 Å². The molecule has 9 nitrogen and oxygen atoms in total. The lowest BCUT2D eigenvalue weighted by molar-refractivity contribution is -0.141. The molecule has 0 radical (unpaired) electrons. The van der Waals surface area contributed by atoms with E-state index in [4.69, 9.17) is 11.1 Å². The first-order valence-electron chi connectivity index (χ1n) is 10.3. The third-order valence-corrected chi connectivity index (χ3v) is 5.68. The monoisotopic (exact) mass is 459 g/mol.